The molecule has 0 aliphatic rings. The molecule has 1 rings (SSSR count). The largest absolute Gasteiger partial charge is 0.349 e. The molecule has 1 aromatic heterocycles. The van der Waals surface area contributed by atoms with Crippen molar-refractivity contribution in [1.82, 2.24) is 10.3 Å². The first-order chi connectivity index (χ1) is 7.67. The summed E-state index contributed by atoms with van der Waals surface area (Å²) in [5.74, 6) is 0. The number of hydrogen-bond acceptors (Lipinski definition) is 4. The van der Waals surface area contributed by atoms with Gasteiger partial charge in [0.1, 0.15) is 0 Å². The minimum absolute atomic E-state index is 0.874. The summed E-state index contributed by atoms with van der Waals surface area (Å²) in [4.78, 5) is 7.99. The number of nitrogens with zero attached hydrogens (tertiary/aromatic N) is 2. The Labute approximate surface area is 102 Å². The Hall–Kier alpha value is -0.870. The van der Waals surface area contributed by atoms with Gasteiger partial charge in [-0.05, 0) is 20.8 Å². The molecule has 4 heteroatoms. The molecule has 1 N–H and O–H groups in total. The SMILES string of the molecule is C=C(C)CNCc1cnc(N(CC)CC)s1. The predicted molar refractivity (Wildman–Crippen MR) is 72.2 cm³/mol. The van der Waals surface area contributed by atoms with E-state index >= 15 is 0 Å². The standard InChI is InChI=1S/C12H21N3S/c1-5-15(6-2)12-14-9-11(16-12)8-13-7-10(3)4/h9,13H,3,5-8H2,1-2,4H3. The molecule has 16 heavy (non-hydrogen) atoms. The van der Waals surface area contributed by atoms with Gasteiger partial charge >= 0.3 is 0 Å². The summed E-state index contributed by atoms with van der Waals surface area (Å²) in [5, 5.41) is 4.46. The monoisotopic (exact) mass is 239 g/mol. The Morgan fingerprint density at radius 1 is 1.50 bits per heavy atom. The zero-order valence-corrected chi connectivity index (χ0v) is 11.2. The molecule has 0 aromatic carbocycles. The van der Waals surface area contributed by atoms with Crippen LogP contribution in [0.15, 0.2) is 18.3 Å². The van der Waals surface area contributed by atoms with Crippen molar-refractivity contribution in [3.8, 4) is 0 Å². The molecule has 0 fully saturated rings. The van der Waals surface area contributed by atoms with Gasteiger partial charge in [-0.3, -0.25) is 0 Å². The van der Waals surface area contributed by atoms with E-state index in [-0.39, 0.29) is 0 Å². The summed E-state index contributed by atoms with van der Waals surface area (Å²) >= 11 is 1.76. The number of hydrogen-bond donors (Lipinski definition) is 1. The van der Waals surface area contributed by atoms with Gasteiger partial charge in [0.05, 0.1) is 0 Å². The Balaban J connectivity index is 2.47. The second-order valence-corrected chi connectivity index (χ2v) is 4.94. The van der Waals surface area contributed by atoms with Crippen LogP contribution < -0.4 is 10.2 Å². The normalized spacial score (nSPS) is 10.4. The van der Waals surface area contributed by atoms with Crippen LogP contribution in [0.1, 0.15) is 25.6 Å². The molecule has 3 nitrogen and oxygen atoms in total. The van der Waals surface area contributed by atoms with E-state index in [4.69, 9.17) is 0 Å². The van der Waals surface area contributed by atoms with Crippen molar-refractivity contribution in [2.24, 2.45) is 0 Å². The van der Waals surface area contributed by atoms with Crippen molar-refractivity contribution >= 4 is 16.5 Å². The Bertz CT molecular complexity index is 329. The number of thiazole rings is 1. The molecular formula is C12H21N3S. The molecule has 1 heterocycles. The first-order valence-corrected chi connectivity index (χ1v) is 6.53. The Morgan fingerprint density at radius 3 is 2.75 bits per heavy atom. The maximum Gasteiger partial charge on any atom is 0.185 e. The summed E-state index contributed by atoms with van der Waals surface area (Å²) in [6, 6.07) is 0. The van der Waals surface area contributed by atoms with Gasteiger partial charge in [0.2, 0.25) is 0 Å². The van der Waals surface area contributed by atoms with Crippen molar-refractivity contribution in [2.45, 2.75) is 27.3 Å². The third-order valence-corrected chi connectivity index (χ3v) is 3.36. The van der Waals surface area contributed by atoms with Crippen LogP contribution in [0, 0.1) is 0 Å². The quantitative estimate of drug-likeness (QED) is 0.741. The van der Waals surface area contributed by atoms with Crippen LogP contribution in [0.5, 0.6) is 0 Å². The van der Waals surface area contributed by atoms with Gasteiger partial charge in [-0.15, -0.1) is 11.3 Å². The molecule has 0 saturated carbocycles. The molecule has 0 aliphatic carbocycles. The molecule has 0 spiro atoms. The van der Waals surface area contributed by atoms with Gasteiger partial charge in [0.25, 0.3) is 0 Å². The lowest BCUT2D eigenvalue weighted by molar-refractivity contribution is 0.749. The predicted octanol–water partition coefficient (Wildman–Crippen LogP) is 2.66. The van der Waals surface area contributed by atoms with Crippen LogP contribution in [-0.4, -0.2) is 24.6 Å². The van der Waals surface area contributed by atoms with Crippen LogP contribution in [0.3, 0.4) is 0 Å². The fraction of sp³-hybridized carbons (Fsp3) is 0.583. The Morgan fingerprint density at radius 2 is 2.19 bits per heavy atom. The molecule has 0 amide bonds. The lowest BCUT2D eigenvalue weighted by Gasteiger charge is -2.16. The molecular weight excluding hydrogens is 218 g/mol. The highest BCUT2D eigenvalue weighted by atomic mass is 32.1. The van der Waals surface area contributed by atoms with Crippen molar-refractivity contribution < 1.29 is 0 Å². The van der Waals surface area contributed by atoms with Crippen molar-refractivity contribution in [3.63, 3.8) is 0 Å². The lowest BCUT2D eigenvalue weighted by atomic mass is 10.3. The highest BCUT2D eigenvalue weighted by Gasteiger charge is 2.06. The fourth-order valence-corrected chi connectivity index (χ4v) is 2.43. The van der Waals surface area contributed by atoms with E-state index in [0.717, 1.165) is 36.9 Å². The van der Waals surface area contributed by atoms with Crippen LogP contribution in [-0.2, 0) is 6.54 Å². The van der Waals surface area contributed by atoms with Gasteiger partial charge < -0.3 is 10.2 Å². The van der Waals surface area contributed by atoms with E-state index in [1.54, 1.807) is 11.3 Å². The maximum absolute atomic E-state index is 4.44. The molecule has 0 unspecified atom stereocenters. The van der Waals surface area contributed by atoms with Gasteiger partial charge in [0.15, 0.2) is 5.13 Å². The third kappa shape index (κ3) is 3.94. The molecule has 0 bridgehead atoms. The summed E-state index contributed by atoms with van der Waals surface area (Å²) in [7, 11) is 0. The zero-order valence-electron chi connectivity index (χ0n) is 10.4. The number of anilines is 1. The topological polar surface area (TPSA) is 28.2 Å². The van der Waals surface area contributed by atoms with E-state index < -0.39 is 0 Å². The average Bonchev–Trinajstić information content (AvgIpc) is 2.68. The van der Waals surface area contributed by atoms with Gasteiger partial charge in [0, 0.05) is 37.3 Å². The van der Waals surface area contributed by atoms with Gasteiger partial charge in [-0.25, -0.2) is 4.98 Å². The summed E-state index contributed by atoms with van der Waals surface area (Å²) in [5.41, 5.74) is 1.16. The van der Waals surface area contributed by atoms with E-state index in [2.05, 4.69) is 35.6 Å². The third-order valence-electron chi connectivity index (χ3n) is 2.30. The van der Waals surface area contributed by atoms with E-state index in [0.29, 0.717) is 0 Å². The molecule has 0 atom stereocenters. The number of rotatable bonds is 7. The molecule has 0 saturated heterocycles. The Kier molecular flexibility index (Phi) is 5.49. The smallest absolute Gasteiger partial charge is 0.185 e. The minimum Gasteiger partial charge on any atom is -0.349 e. The summed E-state index contributed by atoms with van der Waals surface area (Å²) < 4.78 is 0. The van der Waals surface area contributed by atoms with Crippen LogP contribution in [0.4, 0.5) is 5.13 Å². The van der Waals surface area contributed by atoms with E-state index in [1.165, 1.54) is 4.88 Å². The maximum atomic E-state index is 4.44. The highest BCUT2D eigenvalue weighted by molar-refractivity contribution is 7.15. The van der Waals surface area contributed by atoms with Crippen molar-refractivity contribution in [3.05, 3.63) is 23.2 Å². The molecule has 90 valence electrons. The molecule has 0 aliphatic heterocycles. The van der Waals surface area contributed by atoms with Gasteiger partial charge in [-0.1, -0.05) is 12.2 Å². The molecule has 1 aromatic rings. The summed E-state index contributed by atoms with van der Waals surface area (Å²) in [6.45, 7) is 14.0. The highest BCUT2D eigenvalue weighted by Crippen LogP contribution is 2.21. The number of nitrogens with one attached hydrogen (secondary N) is 1. The zero-order chi connectivity index (χ0) is 12.0. The average molecular weight is 239 g/mol. The second kappa shape index (κ2) is 6.66. The second-order valence-electron chi connectivity index (χ2n) is 3.84. The van der Waals surface area contributed by atoms with E-state index in [1.807, 2.05) is 13.1 Å². The molecule has 0 radical (unpaired) electrons. The number of aromatic nitrogens is 1. The first kappa shape index (κ1) is 13.2. The summed E-state index contributed by atoms with van der Waals surface area (Å²) in [6.07, 6.45) is 1.96. The first-order valence-electron chi connectivity index (χ1n) is 5.72. The van der Waals surface area contributed by atoms with Gasteiger partial charge in [-0.2, -0.15) is 0 Å². The van der Waals surface area contributed by atoms with Crippen LogP contribution in [0.2, 0.25) is 0 Å². The van der Waals surface area contributed by atoms with Crippen molar-refractivity contribution in [1.29, 1.82) is 0 Å². The minimum atomic E-state index is 0.874. The van der Waals surface area contributed by atoms with Crippen LogP contribution in [0.25, 0.3) is 0 Å². The lowest BCUT2D eigenvalue weighted by Crippen LogP contribution is -2.21. The van der Waals surface area contributed by atoms with Crippen LogP contribution >= 0.6 is 11.3 Å². The fourth-order valence-electron chi connectivity index (χ4n) is 1.42. The van der Waals surface area contributed by atoms with Crippen molar-refractivity contribution in [2.75, 3.05) is 24.5 Å². The van der Waals surface area contributed by atoms with E-state index in [9.17, 15) is 0 Å².